The second-order valence-corrected chi connectivity index (χ2v) is 6.30. The zero-order valence-corrected chi connectivity index (χ0v) is 14.4. The zero-order chi connectivity index (χ0) is 18.0. The molecule has 1 unspecified atom stereocenters. The molecule has 3 rings (SSSR count). The molecule has 134 valence electrons. The van der Waals surface area contributed by atoms with Crippen LogP contribution in [0.2, 0.25) is 0 Å². The molecule has 0 saturated heterocycles. The molecular formula is C18H22FN3O3. The Morgan fingerprint density at radius 3 is 3.00 bits per heavy atom. The molecule has 0 radical (unpaired) electrons. The lowest BCUT2D eigenvalue weighted by Gasteiger charge is -2.21. The fourth-order valence-electron chi connectivity index (χ4n) is 3.28. The van der Waals surface area contributed by atoms with Gasteiger partial charge < -0.3 is 20.3 Å². The van der Waals surface area contributed by atoms with Gasteiger partial charge in [-0.3, -0.25) is 9.59 Å². The normalized spacial score (nSPS) is 22.3. The number of methoxy groups -OCH3 is 1. The summed E-state index contributed by atoms with van der Waals surface area (Å²) in [5.74, 6) is -2.04. The summed E-state index contributed by atoms with van der Waals surface area (Å²) in [6.45, 7) is 2.10. The first-order valence-electron chi connectivity index (χ1n) is 8.27. The Kier molecular flexibility index (Phi) is 5.15. The van der Waals surface area contributed by atoms with Crippen molar-refractivity contribution >= 4 is 11.7 Å². The lowest BCUT2D eigenvalue weighted by Crippen LogP contribution is -2.31. The predicted octanol–water partition coefficient (Wildman–Crippen LogP) is 0.804. The van der Waals surface area contributed by atoms with Crippen molar-refractivity contribution in [2.24, 2.45) is 5.92 Å². The number of likely N-dealkylation sites (N-methyl/N-ethyl adjacent to an activating group) is 1. The van der Waals surface area contributed by atoms with Crippen LogP contribution in [0.4, 0.5) is 4.39 Å². The number of fused-ring (bicyclic) bond motifs is 2. The van der Waals surface area contributed by atoms with E-state index < -0.39 is 17.5 Å². The van der Waals surface area contributed by atoms with Gasteiger partial charge in [-0.2, -0.15) is 0 Å². The van der Waals surface area contributed by atoms with Crippen molar-refractivity contribution in [1.82, 2.24) is 15.5 Å². The van der Waals surface area contributed by atoms with Crippen LogP contribution in [0.15, 0.2) is 46.6 Å². The van der Waals surface area contributed by atoms with E-state index in [0.717, 1.165) is 16.8 Å². The molecule has 1 amide bonds. The Bertz CT molecular complexity index is 721. The molecule has 7 heteroatoms. The molecule has 0 fully saturated rings. The zero-order valence-electron chi connectivity index (χ0n) is 14.4. The van der Waals surface area contributed by atoms with Gasteiger partial charge in [0.2, 0.25) is 11.7 Å². The summed E-state index contributed by atoms with van der Waals surface area (Å²) in [5.41, 5.74) is 3.02. The standard InChI is InChI=1S/C18H22FN3O3/c1-22(7-8-25-2)15(23)9-11-5-6-20-10-14-16(11)17-13(21-14)4-3-12(19)18(17)24/h3-5,17,20-21H,6-10H2,1-2H3. The predicted molar refractivity (Wildman–Crippen MR) is 91.0 cm³/mol. The molecule has 2 heterocycles. The number of ketones is 1. The number of nitrogens with one attached hydrogen (secondary N) is 2. The van der Waals surface area contributed by atoms with Gasteiger partial charge in [-0.15, -0.1) is 0 Å². The van der Waals surface area contributed by atoms with Crippen LogP contribution in [0.5, 0.6) is 0 Å². The molecule has 1 atom stereocenters. The van der Waals surface area contributed by atoms with Crippen molar-refractivity contribution in [3.63, 3.8) is 0 Å². The van der Waals surface area contributed by atoms with E-state index in [4.69, 9.17) is 4.74 Å². The summed E-state index contributed by atoms with van der Waals surface area (Å²) in [4.78, 5) is 26.5. The van der Waals surface area contributed by atoms with E-state index >= 15 is 0 Å². The third-order valence-corrected chi connectivity index (χ3v) is 4.67. The molecule has 0 aromatic heterocycles. The van der Waals surface area contributed by atoms with Gasteiger partial charge in [0, 0.05) is 45.2 Å². The number of carbonyl (C=O) groups is 2. The highest BCUT2D eigenvalue weighted by Gasteiger charge is 2.40. The SMILES string of the molecule is COCCN(C)C(=O)CC1=CCNCC2=C1C1C(=O)C(F)=CC=C1N2. The Balaban J connectivity index is 1.84. The van der Waals surface area contributed by atoms with E-state index in [2.05, 4.69) is 10.6 Å². The third-order valence-electron chi connectivity index (χ3n) is 4.67. The number of allylic oxidation sites excluding steroid dienone is 4. The van der Waals surface area contributed by atoms with E-state index in [1.165, 1.54) is 6.08 Å². The van der Waals surface area contributed by atoms with Crippen molar-refractivity contribution < 1.29 is 18.7 Å². The summed E-state index contributed by atoms with van der Waals surface area (Å²) in [5, 5.41) is 6.44. The fraction of sp³-hybridized carbons (Fsp3) is 0.444. The molecular weight excluding hydrogens is 325 g/mol. The minimum absolute atomic E-state index is 0.0613. The van der Waals surface area contributed by atoms with E-state index in [0.29, 0.717) is 31.9 Å². The molecule has 0 aromatic carbocycles. The fourth-order valence-corrected chi connectivity index (χ4v) is 3.28. The molecule has 2 N–H and O–H groups in total. The summed E-state index contributed by atoms with van der Waals surface area (Å²) in [7, 11) is 3.31. The number of hydrogen-bond donors (Lipinski definition) is 2. The average Bonchev–Trinajstić information content (AvgIpc) is 2.87. The van der Waals surface area contributed by atoms with Crippen molar-refractivity contribution in [1.29, 1.82) is 0 Å². The second-order valence-electron chi connectivity index (χ2n) is 6.30. The number of Topliss-reactive ketones (excluding diaryl/α,β-unsaturated/α-hetero) is 1. The highest BCUT2D eigenvalue weighted by molar-refractivity contribution is 6.02. The van der Waals surface area contributed by atoms with Crippen LogP contribution in [0.1, 0.15) is 6.42 Å². The van der Waals surface area contributed by atoms with Crippen LogP contribution in [0, 0.1) is 5.92 Å². The monoisotopic (exact) mass is 347 g/mol. The lowest BCUT2D eigenvalue weighted by molar-refractivity contribution is -0.129. The molecule has 1 aliphatic carbocycles. The Morgan fingerprint density at radius 2 is 2.24 bits per heavy atom. The van der Waals surface area contributed by atoms with E-state index in [9.17, 15) is 14.0 Å². The number of ether oxygens (including phenoxy) is 1. The summed E-state index contributed by atoms with van der Waals surface area (Å²) in [6, 6.07) is 0. The largest absolute Gasteiger partial charge is 0.383 e. The molecule has 0 spiro atoms. The topological polar surface area (TPSA) is 70.7 Å². The van der Waals surface area contributed by atoms with Crippen LogP contribution in [0.25, 0.3) is 0 Å². The number of hydrogen-bond acceptors (Lipinski definition) is 5. The Hall–Kier alpha value is -2.25. The van der Waals surface area contributed by atoms with Gasteiger partial charge in [-0.25, -0.2) is 4.39 Å². The maximum absolute atomic E-state index is 13.8. The maximum atomic E-state index is 13.8. The average molecular weight is 347 g/mol. The molecule has 25 heavy (non-hydrogen) atoms. The summed E-state index contributed by atoms with van der Waals surface area (Å²) < 4.78 is 18.8. The van der Waals surface area contributed by atoms with Gasteiger partial charge in [-0.05, 0) is 23.3 Å². The van der Waals surface area contributed by atoms with E-state index in [1.807, 2.05) is 6.08 Å². The van der Waals surface area contributed by atoms with Gasteiger partial charge in [-0.1, -0.05) is 6.08 Å². The van der Waals surface area contributed by atoms with Crippen LogP contribution in [-0.2, 0) is 14.3 Å². The Labute approximate surface area is 146 Å². The summed E-state index contributed by atoms with van der Waals surface area (Å²) >= 11 is 0. The minimum Gasteiger partial charge on any atom is -0.383 e. The van der Waals surface area contributed by atoms with E-state index in [-0.39, 0.29) is 12.3 Å². The lowest BCUT2D eigenvalue weighted by atomic mass is 9.84. The molecule has 3 aliphatic rings. The number of halogens is 1. The Morgan fingerprint density at radius 1 is 1.44 bits per heavy atom. The number of rotatable bonds is 5. The number of carbonyl (C=O) groups excluding carboxylic acids is 2. The molecule has 2 aliphatic heterocycles. The molecule has 6 nitrogen and oxygen atoms in total. The first-order valence-corrected chi connectivity index (χ1v) is 8.27. The van der Waals surface area contributed by atoms with Crippen molar-refractivity contribution in [2.75, 3.05) is 40.4 Å². The van der Waals surface area contributed by atoms with Gasteiger partial charge in [0.25, 0.3) is 0 Å². The maximum Gasteiger partial charge on any atom is 0.226 e. The number of nitrogens with zero attached hydrogens (tertiary/aromatic N) is 1. The quantitative estimate of drug-likeness (QED) is 0.770. The highest BCUT2D eigenvalue weighted by Crippen LogP contribution is 2.40. The molecule has 0 aromatic rings. The van der Waals surface area contributed by atoms with Crippen molar-refractivity contribution in [2.45, 2.75) is 6.42 Å². The van der Waals surface area contributed by atoms with Gasteiger partial charge in [0.1, 0.15) is 0 Å². The van der Waals surface area contributed by atoms with Crippen molar-refractivity contribution in [3.8, 4) is 0 Å². The second kappa shape index (κ2) is 7.33. The first-order chi connectivity index (χ1) is 12.0. The van der Waals surface area contributed by atoms with Crippen LogP contribution in [-0.4, -0.2) is 57.0 Å². The van der Waals surface area contributed by atoms with Gasteiger partial charge in [0.05, 0.1) is 18.9 Å². The molecule has 0 saturated carbocycles. The van der Waals surface area contributed by atoms with Crippen molar-refractivity contribution in [3.05, 3.63) is 46.6 Å². The van der Waals surface area contributed by atoms with Crippen LogP contribution in [0.3, 0.4) is 0 Å². The third kappa shape index (κ3) is 3.43. The van der Waals surface area contributed by atoms with Gasteiger partial charge >= 0.3 is 0 Å². The summed E-state index contributed by atoms with van der Waals surface area (Å²) in [6.07, 6.45) is 4.87. The number of amides is 1. The smallest absolute Gasteiger partial charge is 0.226 e. The minimum atomic E-state index is -0.746. The van der Waals surface area contributed by atoms with E-state index in [1.54, 1.807) is 25.1 Å². The molecule has 0 bridgehead atoms. The highest BCUT2D eigenvalue weighted by atomic mass is 19.1. The van der Waals surface area contributed by atoms with Crippen LogP contribution < -0.4 is 10.6 Å². The van der Waals surface area contributed by atoms with Gasteiger partial charge in [0.15, 0.2) is 5.83 Å². The first kappa shape index (κ1) is 17.6. The van der Waals surface area contributed by atoms with Crippen LogP contribution >= 0.6 is 0 Å².